The van der Waals surface area contributed by atoms with Crippen molar-refractivity contribution >= 4 is 28.5 Å². The van der Waals surface area contributed by atoms with Gasteiger partial charge in [0.1, 0.15) is 18.9 Å². The fourth-order valence-electron chi connectivity index (χ4n) is 7.06. The van der Waals surface area contributed by atoms with Gasteiger partial charge in [0.15, 0.2) is 0 Å². The number of ether oxygens (including phenoxy) is 7. The second kappa shape index (κ2) is 18.1. The van der Waals surface area contributed by atoms with Gasteiger partial charge in [0.25, 0.3) is 0 Å². The first-order valence-corrected chi connectivity index (χ1v) is 17.0. The summed E-state index contributed by atoms with van der Waals surface area (Å²) in [6.07, 6.45) is 6.22. The Balaban J connectivity index is 0.975. The first kappa shape index (κ1) is 35.5. The number of hydrogen-bond donors (Lipinski definition) is 1. The van der Waals surface area contributed by atoms with Gasteiger partial charge in [0.2, 0.25) is 0 Å². The summed E-state index contributed by atoms with van der Waals surface area (Å²) in [5.74, 6) is -0.844. The van der Waals surface area contributed by atoms with Crippen molar-refractivity contribution in [2.45, 2.75) is 45.1 Å². The van der Waals surface area contributed by atoms with E-state index in [0.717, 1.165) is 44.3 Å². The molecule has 1 saturated heterocycles. The van der Waals surface area contributed by atoms with Crippen LogP contribution < -0.4 is 0 Å². The average molecular weight is 659 g/mol. The lowest BCUT2D eigenvalue weighted by Crippen LogP contribution is -2.51. The van der Waals surface area contributed by atoms with Crippen LogP contribution in [0.3, 0.4) is 0 Å². The number of fused-ring (bicyclic) bond motifs is 3. The summed E-state index contributed by atoms with van der Waals surface area (Å²) in [5.41, 5.74) is 4.07. The molecule has 12 nitrogen and oxygen atoms in total. The topological polar surface area (TPSA) is 127 Å². The second-order valence-electron chi connectivity index (χ2n) is 12.0. The maximum atomic E-state index is 13.6. The summed E-state index contributed by atoms with van der Waals surface area (Å²) < 4.78 is 39.9. The minimum atomic E-state index is -0.439. The number of benzene rings is 1. The molecule has 2 atom stereocenters. The molecular formula is C35H50N2O10. The lowest BCUT2D eigenvalue weighted by Gasteiger charge is -2.53. The van der Waals surface area contributed by atoms with E-state index in [9.17, 15) is 9.59 Å². The molecule has 3 aliphatic heterocycles. The highest BCUT2D eigenvalue weighted by Crippen LogP contribution is 2.57. The summed E-state index contributed by atoms with van der Waals surface area (Å²) in [7, 11) is 0. The van der Waals surface area contributed by atoms with Gasteiger partial charge in [-0.1, -0.05) is 25.1 Å². The highest BCUT2D eigenvalue weighted by Gasteiger charge is 2.51. The fourth-order valence-corrected chi connectivity index (χ4v) is 7.06. The molecule has 1 aromatic heterocycles. The predicted molar refractivity (Wildman–Crippen MR) is 174 cm³/mol. The molecule has 1 fully saturated rings. The number of carbonyl (C=O) groups excluding carboxylic acids is 2. The number of rotatable bonds is 22. The van der Waals surface area contributed by atoms with Crippen LogP contribution in [0.15, 0.2) is 30.3 Å². The number of aliphatic hydroxyl groups is 1. The van der Waals surface area contributed by atoms with E-state index in [0.29, 0.717) is 65.2 Å². The van der Waals surface area contributed by atoms with Crippen LogP contribution in [0.5, 0.6) is 0 Å². The van der Waals surface area contributed by atoms with Gasteiger partial charge >= 0.3 is 11.9 Å². The van der Waals surface area contributed by atoms with Crippen molar-refractivity contribution in [1.82, 2.24) is 9.47 Å². The zero-order chi connectivity index (χ0) is 32.9. The summed E-state index contributed by atoms with van der Waals surface area (Å²) in [6.45, 7) is 8.50. The Kier molecular flexibility index (Phi) is 13.6. The fraction of sp³-hybridized carbons (Fsp3) is 0.657. The Labute approximate surface area is 276 Å². The smallest absolute Gasteiger partial charge is 0.355 e. The Hall–Kier alpha value is -2.84. The normalized spacial score (nSPS) is 20.2. The molecule has 5 rings (SSSR count). The minimum Gasteiger partial charge on any atom is -0.463 e. The van der Waals surface area contributed by atoms with Crippen LogP contribution in [-0.2, 0) is 49.2 Å². The molecular weight excluding hydrogens is 608 g/mol. The Morgan fingerprint density at radius 3 is 2.13 bits per heavy atom. The van der Waals surface area contributed by atoms with Crippen LogP contribution in [-0.4, -0.2) is 125 Å². The van der Waals surface area contributed by atoms with Crippen molar-refractivity contribution in [3.63, 3.8) is 0 Å². The van der Waals surface area contributed by atoms with Crippen LogP contribution in [0, 0.1) is 5.41 Å². The van der Waals surface area contributed by atoms with Crippen LogP contribution in [0.4, 0.5) is 0 Å². The zero-order valence-corrected chi connectivity index (χ0v) is 27.6. The molecule has 1 N–H and O–H groups in total. The summed E-state index contributed by atoms with van der Waals surface area (Å²) in [5, 5.41) is 9.82. The Morgan fingerprint density at radius 2 is 1.47 bits per heavy atom. The van der Waals surface area contributed by atoms with Gasteiger partial charge in [-0.15, -0.1) is 0 Å². The number of aromatic nitrogens is 1. The van der Waals surface area contributed by atoms with E-state index in [1.165, 1.54) is 16.6 Å². The maximum absolute atomic E-state index is 13.6. The first-order chi connectivity index (χ1) is 23.1. The van der Waals surface area contributed by atoms with Crippen LogP contribution in [0.25, 0.3) is 16.6 Å². The van der Waals surface area contributed by atoms with Crippen molar-refractivity contribution in [3.05, 3.63) is 41.6 Å². The summed E-state index contributed by atoms with van der Waals surface area (Å²) in [6, 6.07) is 8.59. The Morgan fingerprint density at radius 1 is 0.830 bits per heavy atom. The van der Waals surface area contributed by atoms with E-state index in [-0.39, 0.29) is 44.3 Å². The van der Waals surface area contributed by atoms with Crippen LogP contribution in [0.1, 0.15) is 49.9 Å². The number of carbonyl (C=O) groups is 2. The summed E-state index contributed by atoms with van der Waals surface area (Å²) >= 11 is 0. The molecule has 12 heteroatoms. The number of nitrogens with zero attached hydrogens (tertiary/aromatic N) is 2. The van der Waals surface area contributed by atoms with Crippen LogP contribution >= 0.6 is 0 Å². The second-order valence-corrected chi connectivity index (χ2v) is 12.0. The third-order valence-electron chi connectivity index (χ3n) is 9.21. The number of hydrogen-bond acceptors (Lipinski definition) is 11. The van der Waals surface area contributed by atoms with Crippen molar-refractivity contribution in [1.29, 1.82) is 0 Å². The number of esters is 2. The predicted octanol–water partition coefficient (Wildman–Crippen LogP) is 3.14. The molecule has 0 saturated carbocycles. The molecule has 0 unspecified atom stereocenters. The van der Waals surface area contributed by atoms with Gasteiger partial charge in [0, 0.05) is 23.0 Å². The van der Waals surface area contributed by atoms with E-state index in [1.54, 1.807) is 0 Å². The van der Waals surface area contributed by atoms with Crippen molar-refractivity contribution in [2.75, 3.05) is 99.0 Å². The van der Waals surface area contributed by atoms with Gasteiger partial charge < -0.3 is 42.8 Å². The van der Waals surface area contributed by atoms with E-state index in [1.807, 2.05) is 6.07 Å². The third kappa shape index (κ3) is 8.80. The minimum absolute atomic E-state index is 0.00930. The van der Waals surface area contributed by atoms with E-state index in [2.05, 4.69) is 40.7 Å². The SMILES string of the molecule is CC[C@@]12C=C(C(=O)OCCC(=O)OCCOCCOCCOCCOCCOCCO)n3c4c(c5ccccc53)CCN(CCC1)[C@H]42. The first-order valence-electron chi connectivity index (χ1n) is 17.0. The van der Waals surface area contributed by atoms with Crippen molar-refractivity contribution in [2.24, 2.45) is 5.41 Å². The highest BCUT2D eigenvalue weighted by atomic mass is 16.6. The standard InChI is InChI=1S/C35H50N2O10/c1-2-35-10-5-11-36-12-8-28-27-6-3-4-7-29(27)37(32(28)33(35)36)30(26-35)34(40)47-14-9-31(39)46-25-24-45-23-22-44-21-20-43-19-18-42-17-16-41-15-13-38/h3-4,6-7,26,33,38H,2,5,8-25H2,1H3/t33-,35+/m1/s1. The highest BCUT2D eigenvalue weighted by molar-refractivity contribution is 6.13. The number of piperidine rings is 1. The molecule has 0 amide bonds. The maximum Gasteiger partial charge on any atom is 0.355 e. The molecule has 4 heterocycles. The van der Waals surface area contributed by atoms with E-state index < -0.39 is 11.9 Å². The molecule has 3 aliphatic rings. The molecule has 0 bridgehead atoms. The molecule has 1 aromatic carbocycles. The quantitative estimate of drug-likeness (QED) is 0.148. The van der Waals surface area contributed by atoms with Crippen LogP contribution in [0.2, 0.25) is 0 Å². The molecule has 47 heavy (non-hydrogen) atoms. The van der Waals surface area contributed by atoms with E-state index in [4.69, 9.17) is 38.3 Å². The third-order valence-corrected chi connectivity index (χ3v) is 9.21. The largest absolute Gasteiger partial charge is 0.463 e. The van der Waals surface area contributed by atoms with Gasteiger partial charge in [-0.3, -0.25) is 9.69 Å². The number of para-hydroxylation sites is 1. The lowest BCUT2D eigenvalue weighted by atomic mass is 9.66. The molecule has 2 aromatic rings. The average Bonchev–Trinajstić information content (AvgIpc) is 3.43. The molecule has 260 valence electrons. The van der Waals surface area contributed by atoms with Gasteiger partial charge in [-0.25, -0.2) is 4.79 Å². The monoisotopic (exact) mass is 658 g/mol. The molecule has 0 spiro atoms. The van der Waals surface area contributed by atoms with Gasteiger partial charge in [0.05, 0.1) is 90.7 Å². The molecule has 0 radical (unpaired) electrons. The van der Waals surface area contributed by atoms with Gasteiger partial charge in [-0.2, -0.15) is 0 Å². The number of aliphatic hydroxyl groups excluding tert-OH is 1. The van der Waals surface area contributed by atoms with Crippen molar-refractivity contribution in [3.8, 4) is 0 Å². The van der Waals surface area contributed by atoms with E-state index >= 15 is 0 Å². The lowest BCUT2D eigenvalue weighted by molar-refractivity contribution is -0.148. The van der Waals surface area contributed by atoms with Gasteiger partial charge in [-0.05, 0) is 49.9 Å². The molecule has 0 aliphatic carbocycles. The summed E-state index contributed by atoms with van der Waals surface area (Å²) in [4.78, 5) is 28.5. The van der Waals surface area contributed by atoms with Crippen molar-refractivity contribution < 1.29 is 47.9 Å². The zero-order valence-electron chi connectivity index (χ0n) is 27.6. The Bertz CT molecular complexity index is 1340.